The molecule has 0 aliphatic heterocycles. The van der Waals surface area contributed by atoms with E-state index in [1.807, 2.05) is 29.3 Å². The standard InChI is InChI=1S/C16H19N5/c1(3-12-4-5-12)2-8-21-11-13(9-19-21)15-10-18-20-16-14(15)6-7-17-16/h6-7,9-12H,1-5,8H2,(H,17,20). The molecule has 3 aromatic rings. The molecule has 0 radical (unpaired) electrons. The van der Waals surface area contributed by atoms with Crippen LogP contribution < -0.4 is 0 Å². The fraction of sp³-hybridized carbons (Fsp3) is 0.438. The van der Waals surface area contributed by atoms with Crippen LogP contribution in [0.4, 0.5) is 0 Å². The molecule has 0 aromatic carbocycles. The summed E-state index contributed by atoms with van der Waals surface area (Å²) >= 11 is 0. The van der Waals surface area contributed by atoms with Crippen LogP contribution in [0.2, 0.25) is 0 Å². The van der Waals surface area contributed by atoms with Gasteiger partial charge in [0.15, 0.2) is 5.65 Å². The highest BCUT2D eigenvalue weighted by Gasteiger charge is 2.19. The van der Waals surface area contributed by atoms with Crippen LogP contribution in [0.3, 0.4) is 0 Å². The fourth-order valence-corrected chi connectivity index (χ4v) is 2.84. The van der Waals surface area contributed by atoms with Crippen LogP contribution in [0.25, 0.3) is 22.2 Å². The maximum atomic E-state index is 4.47. The van der Waals surface area contributed by atoms with Crippen molar-refractivity contribution in [1.82, 2.24) is 25.0 Å². The van der Waals surface area contributed by atoms with Gasteiger partial charge in [0.05, 0.1) is 12.4 Å². The van der Waals surface area contributed by atoms with Gasteiger partial charge < -0.3 is 4.98 Å². The zero-order valence-corrected chi connectivity index (χ0v) is 12.0. The van der Waals surface area contributed by atoms with Gasteiger partial charge in [0.1, 0.15) is 0 Å². The smallest absolute Gasteiger partial charge is 0.160 e. The number of fused-ring (bicyclic) bond motifs is 1. The maximum Gasteiger partial charge on any atom is 0.160 e. The van der Waals surface area contributed by atoms with Crippen molar-refractivity contribution in [3.8, 4) is 11.1 Å². The second-order valence-electron chi connectivity index (χ2n) is 5.93. The van der Waals surface area contributed by atoms with E-state index in [2.05, 4.69) is 26.5 Å². The molecule has 0 spiro atoms. The molecule has 0 amide bonds. The van der Waals surface area contributed by atoms with Gasteiger partial charge in [-0.1, -0.05) is 25.7 Å². The van der Waals surface area contributed by atoms with Crippen LogP contribution in [0.15, 0.2) is 30.9 Å². The van der Waals surface area contributed by atoms with Crippen molar-refractivity contribution in [1.29, 1.82) is 0 Å². The first-order valence-electron chi connectivity index (χ1n) is 7.72. The molecule has 1 fully saturated rings. The van der Waals surface area contributed by atoms with Gasteiger partial charge in [0.2, 0.25) is 0 Å². The molecule has 108 valence electrons. The topological polar surface area (TPSA) is 59.4 Å². The van der Waals surface area contributed by atoms with Crippen molar-refractivity contribution in [2.45, 2.75) is 38.6 Å². The predicted octanol–water partition coefficient (Wildman–Crippen LogP) is 3.40. The average molecular weight is 281 g/mol. The van der Waals surface area contributed by atoms with Crippen LogP contribution in [0.5, 0.6) is 0 Å². The summed E-state index contributed by atoms with van der Waals surface area (Å²) in [5.74, 6) is 1.03. The quantitative estimate of drug-likeness (QED) is 0.704. The Balaban J connectivity index is 1.47. The molecule has 0 bridgehead atoms. The lowest BCUT2D eigenvalue weighted by molar-refractivity contribution is 0.529. The fourth-order valence-electron chi connectivity index (χ4n) is 2.84. The van der Waals surface area contributed by atoms with E-state index in [1.165, 1.54) is 32.1 Å². The second kappa shape index (κ2) is 5.31. The van der Waals surface area contributed by atoms with Gasteiger partial charge in [-0.05, 0) is 18.4 Å². The van der Waals surface area contributed by atoms with Gasteiger partial charge >= 0.3 is 0 Å². The molecule has 5 heteroatoms. The third-order valence-electron chi connectivity index (χ3n) is 4.25. The lowest BCUT2D eigenvalue weighted by atomic mass is 10.1. The minimum absolute atomic E-state index is 0.824. The lowest BCUT2D eigenvalue weighted by Gasteiger charge is -2.01. The zero-order chi connectivity index (χ0) is 14.1. The van der Waals surface area contributed by atoms with E-state index in [9.17, 15) is 0 Å². The number of rotatable bonds is 6. The Hall–Kier alpha value is -2.17. The minimum atomic E-state index is 0.824. The Kier molecular flexibility index (Phi) is 3.18. The minimum Gasteiger partial charge on any atom is -0.345 e. The maximum absolute atomic E-state index is 4.47. The summed E-state index contributed by atoms with van der Waals surface area (Å²) in [6.07, 6.45) is 14.6. The molecular weight excluding hydrogens is 262 g/mol. The van der Waals surface area contributed by atoms with E-state index < -0.39 is 0 Å². The largest absolute Gasteiger partial charge is 0.345 e. The highest BCUT2D eigenvalue weighted by atomic mass is 15.3. The summed E-state index contributed by atoms with van der Waals surface area (Å²) in [7, 11) is 0. The van der Waals surface area contributed by atoms with Crippen molar-refractivity contribution >= 4 is 11.0 Å². The van der Waals surface area contributed by atoms with Crippen LogP contribution in [0.1, 0.15) is 32.1 Å². The first kappa shape index (κ1) is 12.6. The number of aryl methyl sites for hydroxylation is 1. The summed E-state index contributed by atoms with van der Waals surface area (Å²) in [5.41, 5.74) is 3.02. The lowest BCUT2D eigenvalue weighted by Crippen LogP contribution is -1.98. The van der Waals surface area contributed by atoms with E-state index in [0.717, 1.165) is 34.6 Å². The molecular formula is C16H19N5. The summed E-state index contributed by atoms with van der Waals surface area (Å²) in [6.45, 7) is 1.00. The molecule has 21 heavy (non-hydrogen) atoms. The summed E-state index contributed by atoms with van der Waals surface area (Å²) < 4.78 is 2.04. The van der Waals surface area contributed by atoms with Gasteiger partial charge in [-0.3, -0.25) is 4.68 Å². The Labute approximate surface area is 123 Å². The van der Waals surface area contributed by atoms with Crippen LogP contribution in [0, 0.1) is 5.92 Å². The SMILES string of the molecule is c1cc2c(-c3cnn(CCCCC4CC4)c3)cnnc2[nH]1. The third kappa shape index (κ3) is 2.68. The number of nitrogens with one attached hydrogen (secondary N) is 1. The number of H-pyrrole nitrogens is 1. The number of aromatic nitrogens is 5. The Bertz CT molecular complexity index is 738. The molecule has 1 saturated carbocycles. The van der Waals surface area contributed by atoms with E-state index in [0.29, 0.717) is 0 Å². The molecule has 0 atom stereocenters. The third-order valence-corrected chi connectivity index (χ3v) is 4.25. The zero-order valence-electron chi connectivity index (χ0n) is 12.0. The molecule has 1 aliphatic rings. The van der Waals surface area contributed by atoms with Gasteiger partial charge in [-0.15, -0.1) is 5.10 Å². The average Bonchev–Trinajstić information content (AvgIpc) is 3.02. The summed E-state index contributed by atoms with van der Waals surface area (Å²) in [4.78, 5) is 3.09. The molecule has 3 aromatic heterocycles. The van der Waals surface area contributed by atoms with Crippen molar-refractivity contribution < 1.29 is 0 Å². The van der Waals surface area contributed by atoms with Gasteiger partial charge in [-0.2, -0.15) is 10.2 Å². The molecule has 3 heterocycles. The van der Waals surface area contributed by atoms with E-state index >= 15 is 0 Å². The van der Waals surface area contributed by atoms with Crippen molar-refractivity contribution in [3.63, 3.8) is 0 Å². The van der Waals surface area contributed by atoms with E-state index in [4.69, 9.17) is 0 Å². The Morgan fingerprint density at radius 3 is 3.10 bits per heavy atom. The monoisotopic (exact) mass is 281 g/mol. The second-order valence-corrected chi connectivity index (χ2v) is 5.93. The van der Waals surface area contributed by atoms with Gasteiger partial charge in [0, 0.05) is 35.5 Å². The number of hydrogen-bond acceptors (Lipinski definition) is 3. The highest BCUT2D eigenvalue weighted by molar-refractivity contribution is 5.91. The summed E-state index contributed by atoms with van der Waals surface area (Å²) in [6, 6.07) is 2.03. The Morgan fingerprint density at radius 2 is 2.19 bits per heavy atom. The molecule has 4 rings (SSSR count). The number of hydrogen-bond donors (Lipinski definition) is 1. The molecule has 1 aliphatic carbocycles. The molecule has 5 nitrogen and oxygen atoms in total. The van der Waals surface area contributed by atoms with Gasteiger partial charge in [-0.25, -0.2) is 0 Å². The molecule has 0 saturated heterocycles. The number of aromatic amines is 1. The number of nitrogens with zero attached hydrogens (tertiary/aromatic N) is 4. The predicted molar refractivity (Wildman–Crippen MR) is 81.7 cm³/mol. The normalized spacial score (nSPS) is 14.9. The van der Waals surface area contributed by atoms with E-state index in [1.54, 1.807) is 0 Å². The van der Waals surface area contributed by atoms with Gasteiger partial charge in [0.25, 0.3) is 0 Å². The van der Waals surface area contributed by atoms with Crippen molar-refractivity contribution in [2.75, 3.05) is 0 Å². The van der Waals surface area contributed by atoms with Crippen LogP contribution in [-0.4, -0.2) is 25.0 Å². The van der Waals surface area contributed by atoms with E-state index in [-0.39, 0.29) is 0 Å². The van der Waals surface area contributed by atoms with Crippen LogP contribution >= 0.6 is 0 Å². The van der Waals surface area contributed by atoms with Crippen molar-refractivity contribution in [2.24, 2.45) is 5.92 Å². The first-order chi connectivity index (χ1) is 10.4. The van der Waals surface area contributed by atoms with Crippen molar-refractivity contribution in [3.05, 3.63) is 30.9 Å². The highest BCUT2D eigenvalue weighted by Crippen LogP contribution is 2.34. The first-order valence-corrected chi connectivity index (χ1v) is 7.72. The number of unbranched alkanes of at least 4 members (excludes halogenated alkanes) is 1. The molecule has 1 N–H and O–H groups in total. The summed E-state index contributed by atoms with van der Waals surface area (Å²) in [5, 5.41) is 13.7. The molecule has 0 unspecified atom stereocenters. The van der Waals surface area contributed by atoms with Crippen LogP contribution in [-0.2, 0) is 6.54 Å². The Morgan fingerprint density at radius 1 is 1.24 bits per heavy atom.